The second-order valence-corrected chi connectivity index (χ2v) is 4.50. The first-order valence-corrected chi connectivity index (χ1v) is 5.59. The first-order valence-electron chi connectivity index (χ1n) is 5.21. The van der Waals surface area contributed by atoms with Crippen molar-refractivity contribution in [1.82, 2.24) is 5.32 Å². The maximum atomic E-state index is 10.9. The van der Waals surface area contributed by atoms with Crippen LogP contribution in [0, 0.1) is 5.92 Å². The van der Waals surface area contributed by atoms with Crippen LogP contribution in [0.25, 0.3) is 0 Å². The van der Waals surface area contributed by atoms with Gasteiger partial charge in [0.15, 0.2) is 0 Å². The predicted molar refractivity (Wildman–Crippen MR) is 64.6 cm³/mol. The molecule has 0 aromatic heterocycles. The maximum Gasteiger partial charge on any atom is 0.320 e. The van der Waals surface area contributed by atoms with Crippen molar-refractivity contribution in [2.75, 3.05) is 0 Å². The van der Waals surface area contributed by atoms with Gasteiger partial charge in [-0.25, -0.2) is 0 Å². The Balaban J connectivity index is 2.55. The number of aliphatic carboxylic acids is 1. The number of nitrogens with one attached hydrogen (secondary N) is 1. The summed E-state index contributed by atoms with van der Waals surface area (Å²) in [5.41, 5.74) is 1.02. The van der Waals surface area contributed by atoms with Crippen LogP contribution in [-0.4, -0.2) is 17.1 Å². The molecule has 1 rings (SSSR count). The van der Waals surface area contributed by atoms with Gasteiger partial charge in [-0.1, -0.05) is 37.6 Å². The summed E-state index contributed by atoms with van der Waals surface area (Å²) in [6.45, 7) is 4.30. The van der Waals surface area contributed by atoms with Crippen LogP contribution in [0.4, 0.5) is 0 Å². The minimum Gasteiger partial charge on any atom is -0.480 e. The summed E-state index contributed by atoms with van der Waals surface area (Å²) < 4.78 is 0. The van der Waals surface area contributed by atoms with Crippen LogP contribution < -0.4 is 5.32 Å². The number of carboxylic acid groups (broad SMARTS) is 1. The number of carboxylic acids is 1. The van der Waals surface area contributed by atoms with Gasteiger partial charge < -0.3 is 10.4 Å². The molecule has 16 heavy (non-hydrogen) atoms. The molecule has 0 heterocycles. The summed E-state index contributed by atoms with van der Waals surface area (Å²) in [7, 11) is 0. The van der Waals surface area contributed by atoms with Crippen molar-refractivity contribution in [1.29, 1.82) is 0 Å². The standard InChI is InChI=1S/C12H16ClNO2/c1-8(2)11(12(15)16)14-7-9-3-5-10(13)6-4-9/h3-6,8,11,14H,7H2,1-2H3,(H,15,16)/t11-/m0/s1. The Kier molecular flexibility index (Phi) is 4.77. The summed E-state index contributed by atoms with van der Waals surface area (Å²) in [5.74, 6) is -0.756. The molecule has 1 aromatic rings. The highest BCUT2D eigenvalue weighted by atomic mass is 35.5. The van der Waals surface area contributed by atoms with E-state index < -0.39 is 12.0 Å². The second-order valence-electron chi connectivity index (χ2n) is 4.07. The molecule has 0 amide bonds. The van der Waals surface area contributed by atoms with Gasteiger partial charge in [0.25, 0.3) is 0 Å². The number of hydrogen-bond donors (Lipinski definition) is 2. The Bertz CT molecular complexity index is 349. The van der Waals surface area contributed by atoms with E-state index in [4.69, 9.17) is 16.7 Å². The molecular formula is C12H16ClNO2. The summed E-state index contributed by atoms with van der Waals surface area (Å²) in [5, 5.41) is 12.7. The second kappa shape index (κ2) is 5.87. The average molecular weight is 242 g/mol. The van der Waals surface area contributed by atoms with Crippen LogP contribution in [0.3, 0.4) is 0 Å². The quantitative estimate of drug-likeness (QED) is 0.833. The first kappa shape index (κ1) is 13.0. The molecule has 0 aliphatic heterocycles. The molecule has 4 heteroatoms. The third-order valence-corrected chi connectivity index (χ3v) is 2.62. The lowest BCUT2D eigenvalue weighted by Crippen LogP contribution is -2.40. The summed E-state index contributed by atoms with van der Waals surface area (Å²) >= 11 is 5.76. The van der Waals surface area contributed by atoms with Gasteiger partial charge in [0.05, 0.1) is 0 Å². The van der Waals surface area contributed by atoms with Gasteiger partial charge in [0.2, 0.25) is 0 Å². The van der Waals surface area contributed by atoms with Gasteiger partial charge in [-0.2, -0.15) is 0 Å². The van der Waals surface area contributed by atoms with Gasteiger partial charge in [0, 0.05) is 11.6 Å². The molecule has 1 aromatic carbocycles. The van der Waals surface area contributed by atoms with Crippen LogP contribution in [0.15, 0.2) is 24.3 Å². The molecule has 0 radical (unpaired) electrons. The minimum absolute atomic E-state index is 0.0600. The third kappa shape index (κ3) is 3.83. The lowest BCUT2D eigenvalue weighted by molar-refractivity contribution is -0.140. The number of benzene rings is 1. The summed E-state index contributed by atoms with van der Waals surface area (Å²) in [6.07, 6.45) is 0. The van der Waals surface area contributed by atoms with Crippen molar-refractivity contribution in [3.8, 4) is 0 Å². The Morgan fingerprint density at radius 3 is 2.38 bits per heavy atom. The highest BCUT2D eigenvalue weighted by Crippen LogP contribution is 2.10. The molecular weight excluding hydrogens is 226 g/mol. The predicted octanol–water partition coefficient (Wildman–Crippen LogP) is 2.54. The van der Waals surface area contributed by atoms with Gasteiger partial charge in [0.1, 0.15) is 6.04 Å². The van der Waals surface area contributed by atoms with Crippen molar-refractivity contribution >= 4 is 17.6 Å². The zero-order valence-corrected chi connectivity index (χ0v) is 10.2. The number of halogens is 1. The number of hydrogen-bond acceptors (Lipinski definition) is 2. The third-order valence-electron chi connectivity index (χ3n) is 2.37. The number of carbonyl (C=O) groups is 1. The zero-order chi connectivity index (χ0) is 12.1. The van der Waals surface area contributed by atoms with Crippen molar-refractivity contribution in [2.45, 2.75) is 26.4 Å². The monoisotopic (exact) mass is 241 g/mol. The first-order chi connectivity index (χ1) is 7.50. The van der Waals surface area contributed by atoms with E-state index in [0.29, 0.717) is 11.6 Å². The topological polar surface area (TPSA) is 49.3 Å². The average Bonchev–Trinajstić information content (AvgIpc) is 2.20. The van der Waals surface area contributed by atoms with E-state index in [1.165, 1.54) is 0 Å². The van der Waals surface area contributed by atoms with Crippen molar-refractivity contribution in [2.24, 2.45) is 5.92 Å². The lowest BCUT2D eigenvalue weighted by atomic mass is 10.0. The lowest BCUT2D eigenvalue weighted by Gasteiger charge is -2.17. The van der Waals surface area contributed by atoms with Gasteiger partial charge in [-0.15, -0.1) is 0 Å². The Morgan fingerprint density at radius 1 is 1.38 bits per heavy atom. The fraction of sp³-hybridized carbons (Fsp3) is 0.417. The van der Waals surface area contributed by atoms with E-state index in [9.17, 15) is 4.79 Å². The number of rotatable bonds is 5. The zero-order valence-electron chi connectivity index (χ0n) is 9.40. The van der Waals surface area contributed by atoms with Crippen LogP contribution >= 0.6 is 11.6 Å². The van der Waals surface area contributed by atoms with E-state index in [-0.39, 0.29) is 5.92 Å². The van der Waals surface area contributed by atoms with E-state index in [1.807, 2.05) is 26.0 Å². The van der Waals surface area contributed by atoms with Crippen LogP contribution in [0.5, 0.6) is 0 Å². The molecule has 0 bridgehead atoms. The molecule has 0 aliphatic rings. The fourth-order valence-electron chi connectivity index (χ4n) is 1.44. The Morgan fingerprint density at radius 2 is 1.94 bits per heavy atom. The van der Waals surface area contributed by atoms with E-state index >= 15 is 0 Å². The molecule has 88 valence electrons. The highest BCUT2D eigenvalue weighted by Gasteiger charge is 2.20. The van der Waals surface area contributed by atoms with Crippen LogP contribution in [0.1, 0.15) is 19.4 Å². The maximum absolute atomic E-state index is 10.9. The molecule has 0 unspecified atom stereocenters. The van der Waals surface area contributed by atoms with E-state index in [2.05, 4.69) is 5.32 Å². The normalized spacial score (nSPS) is 12.8. The molecule has 0 aliphatic carbocycles. The van der Waals surface area contributed by atoms with Gasteiger partial charge >= 0.3 is 5.97 Å². The Labute approximate surface area is 100 Å². The smallest absolute Gasteiger partial charge is 0.320 e. The highest BCUT2D eigenvalue weighted by molar-refractivity contribution is 6.30. The van der Waals surface area contributed by atoms with Crippen LogP contribution in [0.2, 0.25) is 5.02 Å². The van der Waals surface area contributed by atoms with Crippen molar-refractivity contribution in [3.05, 3.63) is 34.9 Å². The summed E-state index contributed by atoms with van der Waals surface area (Å²) in [6, 6.07) is 6.84. The molecule has 0 saturated heterocycles. The van der Waals surface area contributed by atoms with Gasteiger partial charge in [-0.05, 0) is 23.6 Å². The molecule has 0 fully saturated rings. The van der Waals surface area contributed by atoms with Crippen molar-refractivity contribution < 1.29 is 9.90 Å². The molecule has 0 saturated carbocycles. The molecule has 1 atom stereocenters. The van der Waals surface area contributed by atoms with E-state index in [0.717, 1.165) is 5.56 Å². The molecule has 2 N–H and O–H groups in total. The van der Waals surface area contributed by atoms with Crippen LogP contribution in [-0.2, 0) is 11.3 Å². The largest absolute Gasteiger partial charge is 0.480 e. The fourth-order valence-corrected chi connectivity index (χ4v) is 1.56. The van der Waals surface area contributed by atoms with Crippen molar-refractivity contribution in [3.63, 3.8) is 0 Å². The molecule has 0 spiro atoms. The SMILES string of the molecule is CC(C)[C@H](NCc1ccc(Cl)cc1)C(=O)O. The minimum atomic E-state index is -0.816. The van der Waals surface area contributed by atoms with Gasteiger partial charge in [-0.3, -0.25) is 4.79 Å². The molecule has 3 nitrogen and oxygen atoms in total. The summed E-state index contributed by atoms with van der Waals surface area (Å²) in [4.78, 5) is 10.9. The van der Waals surface area contributed by atoms with E-state index in [1.54, 1.807) is 12.1 Å². The Hall–Kier alpha value is -1.06.